The molecule has 1 amide bonds. The number of carbonyl (C=O) groups excluding carboxylic acids is 1. The maximum atomic E-state index is 13.6. The van der Waals surface area contributed by atoms with E-state index in [0.717, 1.165) is 0 Å². The molecule has 25 heavy (non-hydrogen) atoms. The van der Waals surface area contributed by atoms with Gasteiger partial charge >= 0.3 is 0 Å². The molecule has 0 aliphatic heterocycles. The predicted molar refractivity (Wildman–Crippen MR) is 93.8 cm³/mol. The lowest BCUT2D eigenvalue weighted by atomic mass is 10.2. The average Bonchev–Trinajstić information content (AvgIpc) is 3.21. The third kappa shape index (κ3) is 3.74. The summed E-state index contributed by atoms with van der Waals surface area (Å²) >= 11 is 1.26. The third-order valence-electron chi connectivity index (χ3n) is 3.67. The lowest BCUT2D eigenvalue weighted by Gasteiger charge is -2.12. The normalized spacial score (nSPS) is 12.2. The number of halogens is 1. The van der Waals surface area contributed by atoms with Gasteiger partial charge in [0.05, 0.1) is 11.5 Å². The molecule has 0 aliphatic carbocycles. The van der Waals surface area contributed by atoms with Crippen molar-refractivity contribution in [3.8, 4) is 11.6 Å². The fourth-order valence-corrected chi connectivity index (χ4v) is 2.98. The summed E-state index contributed by atoms with van der Waals surface area (Å²) < 4.78 is 20.7. The van der Waals surface area contributed by atoms with Crippen LogP contribution in [-0.4, -0.2) is 25.9 Å². The van der Waals surface area contributed by atoms with Gasteiger partial charge in [0.1, 0.15) is 5.82 Å². The second kappa shape index (κ2) is 7.10. The van der Waals surface area contributed by atoms with Gasteiger partial charge in [-0.05, 0) is 43.7 Å². The summed E-state index contributed by atoms with van der Waals surface area (Å²) in [5, 5.41) is 11.1. The van der Waals surface area contributed by atoms with Crippen molar-refractivity contribution in [1.29, 1.82) is 0 Å². The summed E-state index contributed by atoms with van der Waals surface area (Å²) in [6.07, 6.45) is 1.56. The molecule has 8 heteroatoms. The van der Waals surface area contributed by atoms with Gasteiger partial charge < -0.3 is 14.3 Å². The molecular weight excluding hydrogens is 343 g/mol. The van der Waals surface area contributed by atoms with Crippen LogP contribution in [0.4, 0.5) is 10.1 Å². The highest BCUT2D eigenvalue weighted by Gasteiger charge is 2.20. The number of aromatic nitrogens is 3. The van der Waals surface area contributed by atoms with Gasteiger partial charge in [0, 0.05) is 12.7 Å². The molecule has 3 rings (SSSR count). The summed E-state index contributed by atoms with van der Waals surface area (Å²) in [4.78, 5) is 12.3. The van der Waals surface area contributed by atoms with Crippen LogP contribution in [0.5, 0.6) is 0 Å². The number of benzene rings is 1. The molecular formula is C17H17FN4O2S. The molecule has 0 radical (unpaired) electrons. The molecule has 2 aromatic heterocycles. The molecule has 3 aromatic rings. The third-order valence-corrected chi connectivity index (χ3v) is 4.80. The van der Waals surface area contributed by atoms with E-state index >= 15 is 0 Å². The number of carbonyl (C=O) groups is 1. The fourth-order valence-electron chi connectivity index (χ4n) is 2.16. The first-order valence-electron chi connectivity index (χ1n) is 7.62. The highest BCUT2D eigenvalue weighted by Crippen LogP contribution is 2.26. The highest BCUT2D eigenvalue weighted by atomic mass is 32.2. The van der Waals surface area contributed by atoms with Crippen LogP contribution in [0.15, 0.2) is 46.2 Å². The zero-order chi connectivity index (χ0) is 18.0. The van der Waals surface area contributed by atoms with Gasteiger partial charge in [-0.1, -0.05) is 17.8 Å². The minimum atomic E-state index is -0.434. The van der Waals surface area contributed by atoms with Gasteiger partial charge in [-0.2, -0.15) is 0 Å². The standard InChI is InChI=1S/C17H17FN4O2S/c1-10-6-7-12(9-13(10)18)19-16(23)11(2)25-17-21-20-15(22(17)3)14-5-4-8-24-14/h4-9,11H,1-3H3,(H,19,23)/t11-/m1/s1. The Morgan fingerprint density at radius 1 is 1.36 bits per heavy atom. The van der Waals surface area contributed by atoms with Crippen LogP contribution in [0.1, 0.15) is 12.5 Å². The van der Waals surface area contributed by atoms with E-state index in [1.165, 1.54) is 17.8 Å². The van der Waals surface area contributed by atoms with Gasteiger partial charge in [-0.3, -0.25) is 4.79 Å². The van der Waals surface area contributed by atoms with Gasteiger partial charge in [-0.15, -0.1) is 10.2 Å². The number of nitrogens with zero attached hydrogens (tertiary/aromatic N) is 3. The topological polar surface area (TPSA) is 73.0 Å². The molecule has 0 saturated heterocycles. The molecule has 0 saturated carbocycles. The Bertz CT molecular complexity index is 892. The monoisotopic (exact) mass is 360 g/mol. The van der Waals surface area contributed by atoms with Crippen molar-refractivity contribution in [2.45, 2.75) is 24.3 Å². The Balaban J connectivity index is 1.68. The minimum absolute atomic E-state index is 0.240. The van der Waals surface area contributed by atoms with Gasteiger partial charge in [-0.25, -0.2) is 4.39 Å². The first-order chi connectivity index (χ1) is 12.0. The van der Waals surface area contributed by atoms with Gasteiger partial charge in [0.25, 0.3) is 0 Å². The Hall–Kier alpha value is -2.61. The fraction of sp³-hybridized carbons (Fsp3) is 0.235. The molecule has 0 fully saturated rings. The largest absolute Gasteiger partial charge is 0.461 e. The maximum absolute atomic E-state index is 13.6. The predicted octanol–water partition coefficient (Wildman–Crippen LogP) is 3.64. The number of anilines is 1. The highest BCUT2D eigenvalue weighted by molar-refractivity contribution is 8.00. The number of nitrogens with one attached hydrogen (secondary N) is 1. The van der Waals surface area contributed by atoms with Gasteiger partial charge in [0.15, 0.2) is 16.7 Å². The Morgan fingerprint density at radius 2 is 2.16 bits per heavy atom. The number of amides is 1. The van der Waals surface area contributed by atoms with Crippen molar-refractivity contribution in [2.75, 3.05) is 5.32 Å². The van der Waals surface area contributed by atoms with Crippen LogP contribution in [0.3, 0.4) is 0 Å². The van der Waals surface area contributed by atoms with Crippen LogP contribution < -0.4 is 5.32 Å². The average molecular weight is 360 g/mol. The SMILES string of the molecule is Cc1ccc(NC(=O)[C@@H](C)Sc2nnc(-c3ccco3)n2C)cc1F. The first-order valence-corrected chi connectivity index (χ1v) is 8.50. The lowest BCUT2D eigenvalue weighted by Crippen LogP contribution is -2.23. The number of hydrogen-bond acceptors (Lipinski definition) is 5. The van der Waals surface area contributed by atoms with E-state index in [9.17, 15) is 9.18 Å². The van der Waals surface area contributed by atoms with Crippen molar-refractivity contribution in [3.05, 3.63) is 48.0 Å². The van der Waals surface area contributed by atoms with E-state index in [1.807, 2.05) is 0 Å². The number of thioether (sulfide) groups is 1. The number of furan rings is 1. The molecule has 1 atom stereocenters. The Morgan fingerprint density at radius 3 is 2.84 bits per heavy atom. The van der Waals surface area contributed by atoms with Crippen LogP contribution in [0.25, 0.3) is 11.6 Å². The van der Waals surface area contributed by atoms with Crippen molar-refractivity contribution < 1.29 is 13.6 Å². The molecule has 130 valence electrons. The van der Waals surface area contributed by atoms with E-state index in [0.29, 0.717) is 28.0 Å². The quantitative estimate of drug-likeness (QED) is 0.703. The summed E-state index contributed by atoms with van der Waals surface area (Å²) in [7, 11) is 1.81. The van der Waals surface area contributed by atoms with E-state index in [1.54, 1.807) is 56.0 Å². The minimum Gasteiger partial charge on any atom is -0.461 e. The maximum Gasteiger partial charge on any atom is 0.237 e. The van der Waals surface area contributed by atoms with E-state index in [2.05, 4.69) is 15.5 Å². The van der Waals surface area contributed by atoms with Gasteiger partial charge in [0.2, 0.25) is 5.91 Å². The second-order valence-electron chi connectivity index (χ2n) is 5.56. The Kier molecular flexibility index (Phi) is 4.89. The van der Waals surface area contributed by atoms with Crippen LogP contribution in [0.2, 0.25) is 0 Å². The summed E-state index contributed by atoms with van der Waals surface area (Å²) in [6.45, 7) is 3.43. The molecule has 6 nitrogen and oxygen atoms in total. The second-order valence-corrected chi connectivity index (χ2v) is 6.86. The molecule has 1 N–H and O–H groups in total. The summed E-state index contributed by atoms with van der Waals surface area (Å²) in [5.74, 6) is 0.597. The van der Waals surface area contributed by atoms with Crippen molar-refractivity contribution in [3.63, 3.8) is 0 Å². The van der Waals surface area contributed by atoms with Crippen LogP contribution in [-0.2, 0) is 11.8 Å². The molecule has 0 unspecified atom stereocenters. The van der Waals surface area contributed by atoms with Crippen molar-refractivity contribution >= 4 is 23.4 Å². The molecule has 2 heterocycles. The molecule has 1 aromatic carbocycles. The Labute approximate surface area is 148 Å². The molecule has 0 aliphatic rings. The van der Waals surface area contributed by atoms with E-state index in [4.69, 9.17) is 4.42 Å². The number of hydrogen-bond donors (Lipinski definition) is 1. The first kappa shape index (κ1) is 17.2. The van der Waals surface area contributed by atoms with Crippen molar-refractivity contribution in [2.24, 2.45) is 7.05 Å². The van der Waals surface area contributed by atoms with Crippen LogP contribution in [0, 0.1) is 12.7 Å². The zero-order valence-corrected chi connectivity index (χ0v) is 14.8. The van der Waals surface area contributed by atoms with Crippen molar-refractivity contribution in [1.82, 2.24) is 14.8 Å². The molecule has 0 spiro atoms. The number of aryl methyl sites for hydroxylation is 1. The van der Waals surface area contributed by atoms with E-state index in [-0.39, 0.29) is 11.7 Å². The van der Waals surface area contributed by atoms with Crippen LogP contribution >= 0.6 is 11.8 Å². The number of rotatable bonds is 5. The molecule has 0 bridgehead atoms. The zero-order valence-electron chi connectivity index (χ0n) is 14.0. The summed E-state index contributed by atoms with van der Waals surface area (Å²) in [6, 6.07) is 8.17. The summed E-state index contributed by atoms with van der Waals surface area (Å²) in [5.41, 5.74) is 0.958. The van der Waals surface area contributed by atoms with E-state index < -0.39 is 5.25 Å². The smallest absolute Gasteiger partial charge is 0.237 e. The lowest BCUT2D eigenvalue weighted by molar-refractivity contribution is -0.115.